The Morgan fingerprint density at radius 3 is 2.05 bits per heavy atom. The Balaban J connectivity index is 2.06. The van der Waals surface area contributed by atoms with Gasteiger partial charge in [0.05, 0.1) is 17.7 Å². The van der Waals surface area contributed by atoms with Crippen molar-refractivity contribution in [2.75, 3.05) is 18.0 Å². The SMILES string of the molecule is CC[C@H](C(=O)NC(C)(C)C)N(Cc1ccc(OC)cc1)C(=O)CN(c1ccc(Br)cc1)S(=O)(=O)c1ccc(C)cc1. The van der Waals surface area contributed by atoms with Crippen LogP contribution >= 0.6 is 15.9 Å². The zero-order chi connectivity index (χ0) is 30.4. The quantitative estimate of drug-likeness (QED) is 0.290. The van der Waals surface area contributed by atoms with Crippen molar-refractivity contribution in [2.24, 2.45) is 0 Å². The standard InChI is InChI=1S/C31H38BrN3O5S/c1-7-28(30(37)33-31(3,4)5)34(20-23-10-16-26(40-6)17-11-23)29(36)21-35(25-14-12-24(32)13-15-25)41(38,39)27-18-8-22(2)9-19-27/h8-19,28H,7,20-21H2,1-6H3,(H,33,37)/t28-/m1/s1. The molecule has 0 unspecified atom stereocenters. The molecular formula is C31H38BrN3O5S. The number of halogens is 1. The molecule has 0 saturated carbocycles. The lowest BCUT2D eigenvalue weighted by atomic mass is 10.1. The summed E-state index contributed by atoms with van der Waals surface area (Å²) in [5, 5.41) is 2.97. The molecule has 0 aromatic heterocycles. The highest BCUT2D eigenvalue weighted by Gasteiger charge is 2.34. The molecular weight excluding hydrogens is 606 g/mol. The smallest absolute Gasteiger partial charge is 0.264 e. The summed E-state index contributed by atoms with van der Waals surface area (Å²) in [6.45, 7) is 8.93. The number of carbonyl (C=O) groups is 2. The van der Waals surface area contributed by atoms with Gasteiger partial charge >= 0.3 is 0 Å². The summed E-state index contributed by atoms with van der Waals surface area (Å²) in [6.07, 6.45) is 0.340. The first-order valence-corrected chi connectivity index (χ1v) is 15.6. The Bertz CT molecular complexity index is 1440. The molecule has 0 bridgehead atoms. The maximum atomic E-state index is 14.1. The second-order valence-corrected chi connectivity index (χ2v) is 13.6. The zero-order valence-electron chi connectivity index (χ0n) is 24.3. The van der Waals surface area contributed by atoms with Gasteiger partial charge in [0, 0.05) is 16.6 Å². The van der Waals surface area contributed by atoms with Gasteiger partial charge in [0.25, 0.3) is 10.0 Å². The van der Waals surface area contributed by atoms with Crippen molar-refractivity contribution in [1.29, 1.82) is 0 Å². The van der Waals surface area contributed by atoms with Gasteiger partial charge in [-0.05, 0) is 88.2 Å². The van der Waals surface area contributed by atoms with Crippen LogP contribution in [0, 0.1) is 6.92 Å². The second kappa shape index (κ2) is 13.5. The molecule has 0 spiro atoms. The number of ether oxygens (including phenoxy) is 1. The van der Waals surface area contributed by atoms with E-state index in [2.05, 4.69) is 21.2 Å². The summed E-state index contributed by atoms with van der Waals surface area (Å²) < 4.78 is 35.0. The third-order valence-corrected chi connectivity index (χ3v) is 8.72. The third-order valence-electron chi connectivity index (χ3n) is 6.40. The molecule has 0 aliphatic rings. The number of nitrogens with zero attached hydrogens (tertiary/aromatic N) is 2. The Labute approximate surface area is 251 Å². The van der Waals surface area contributed by atoms with E-state index in [1.165, 1.54) is 17.0 Å². The first kappa shape index (κ1) is 32.1. The van der Waals surface area contributed by atoms with Gasteiger partial charge in [-0.15, -0.1) is 0 Å². The van der Waals surface area contributed by atoms with Crippen LogP contribution in [0.15, 0.2) is 82.2 Å². The summed E-state index contributed by atoms with van der Waals surface area (Å²) >= 11 is 3.39. The third kappa shape index (κ3) is 8.56. The van der Waals surface area contributed by atoms with E-state index in [0.717, 1.165) is 19.9 Å². The molecule has 1 N–H and O–H groups in total. The fourth-order valence-electron chi connectivity index (χ4n) is 4.27. The molecule has 10 heteroatoms. The molecule has 1 atom stereocenters. The van der Waals surface area contributed by atoms with Crippen molar-refractivity contribution < 1.29 is 22.7 Å². The lowest BCUT2D eigenvalue weighted by molar-refractivity contribution is -0.141. The van der Waals surface area contributed by atoms with Crippen LogP contribution in [0.5, 0.6) is 5.75 Å². The Hall–Kier alpha value is -3.37. The normalized spacial score (nSPS) is 12.4. The highest BCUT2D eigenvalue weighted by molar-refractivity contribution is 9.10. The second-order valence-electron chi connectivity index (χ2n) is 10.8. The van der Waals surface area contributed by atoms with E-state index in [0.29, 0.717) is 17.9 Å². The summed E-state index contributed by atoms with van der Waals surface area (Å²) in [5.74, 6) is -0.150. The van der Waals surface area contributed by atoms with Crippen LogP contribution in [0.2, 0.25) is 0 Å². The Morgan fingerprint density at radius 2 is 1.54 bits per heavy atom. The van der Waals surface area contributed by atoms with E-state index in [9.17, 15) is 18.0 Å². The minimum Gasteiger partial charge on any atom is -0.497 e. The molecule has 0 aliphatic carbocycles. The first-order chi connectivity index (χ1) is 19.2. The molecule has 8 nitrogen and oxygen atoms in total. The number of hydrogen-bond donors (Lipinski definition) is 1. The van der Waals surface area contributed by atoms with Gasteiger partial charge in [-0.3, -0.25) is 13.9 Å². The maximum Gasteiger partial charge on any atom is 0.264 e. The van der Waals surface area contributed by atoms with E-state index in [-0.39, 0.29) is 17.3 Å². The minimum absolute atomic E-state index is 0.0676. The molecule has 0 fully saturated rings. The fraction of sp³-hybridized carbons (Fsp3) is 0.355. The zero-order valence-corrected chi connectivity index (χ0v) is 26.8. The number of rotatable bonds is 11. The number of methoxy groups -OCH3 is 1. The first-order valence-electron chi connectivity index (χ1n) is 13.3. The number of hydrogen-bond acceptors (Lipinski definition) is 5. The van der Waals surface area contributed by atoms with Crippen molar-refractivity contribution in [3.8, 4) is 5.75 Å². The Kier molecular flexibility index (Phi) is 10.6. The van der Waals surface area contributed by atoms with Gasteiger partial charge in [-0.2, -0.15) is 0 Å². The number of sulfonamides is 1. The fourth-order valence-corrected chi connectivity index (χ4v) is 5.95. The summed E-state index contributed by atoms with van der Waals surface area (Å²) in [4.78, 5) is 29.1. The monoisotopic (exact) mass is 643 g/mol. The summed E-state index contributed by atoms with van der Waals surface area (Å²) in [5.41, 5.74) is 1.50. The van der Waals surface area contributed by atoms with Crippen LogP contribution in [0.4, 0.5) is 5.69 Å². The number of anilines is 1. The number of nitrogens with one attached hydrogen (secondary N) is 1. The van der Waals surface area contributed by atoms with Crippen molar-refractivity contribution in [2.45, 2.75) is 64.1 Å². The molecule has 3 aromatic carbocycles. The number of amides is 2. The van der Waals surface area contributed by atoms with Gasteiger partial charge in [-0.25, -0.2) is 8.42 Å². The average molecular weight is 645 g/mol. The lowest BCUT2D eigenvalue weighted by Gasteiger charge is -2.34. The number of benzene rings is 3. The van der Waals surface area contributed by atoms with Crippen LogP contribution in [-0.2, 0) is 26.2 Å². The van der Waals surface area contributed by atoms with Gasteiger partial charge in [0.15, 0.2) is 0 Å². The minimum atomic E-state index is -4.12. The largest absolute Gasteiger partial charge is 0.497 e. The summed E-state index contributed by atoms with van der Waals surface area (Å²) in [6, 6.07) is 19.6. The van der Waals surface area contributed by atoms with Crippen molar-refractivity contribution in [3.63, 3.8) is 0 Å². The molecule has 2 amide bonds. The maximum absolute atomic E-state index is 14.1. The van der Waals surface area contributed by atoms with Crippen molar-refractivity contribution in [3.05, 3.63) is 88.4 Å². The van der Waals surface area contributed by atoms with Crippen LogP contribution < -0.4 is 14.4 Å². The molecule has 41 heavy (non-hydrogen) atoms. The Morgan fingerprint density at radius 1 is 0.951 bits per heavy atom. The average Bonchev–Trinajstić information content (AvgIpc) is 2.91. The molecule has 3 aromatic rings. The van der Waals surface area contributed by atoms with Crippen LogP contribution in [0.3, 0.4) is 0 Å². The van der Waals surface area contributed by atoms with E-state index in [1.807, 2.05) is 46.8 Å². The van der Waals surface area contributed by atoms with E-state index in [1.54, 1.807) is 55.6 Å². The van der Waals surface area contributed by atoms with Crippen LogP contribution in [-0.4, -0.2) is 50.4 Å². The predicted molar refractivity (Wildman–Crippen MR) is 165 cm³/mol. The highest BCUT2D eigenvalue weighted by Crippen LogP contribution is 2.27. The summed E-state index contributed by atoms with van der Waals surface area (Å²) in [7, 11) is -2.55. The molecule has 3 rings (SSSR count). The highest BCUT2D eigenvalue weighted by atomic mass is 79.9. The molecule has 0 heterocycles. The van der Waals surface area contributed by atoms with Gasteiger partial charge < -0.3 is 15.0 Å². The number of carbonyl (C=O) groups excluding carboxylic acids is 2. The van der Waals surface area contributed by atoms with Crippen LogP contribution in [0.1, 0.15) is 45.2 Å². The molecule has 0 saturated heterocycles. The van der Waals surface area contributed by atoms with Crippen molar-refractivity contribution >= 4 is 43.5 Å². The lowest BCUT2D eigenvalue weighted by Crippen LogP contribution is -2.55. The van der Waals surface area contributed by atoms with Crippen molar-refractivity contribution in [1.82, 2.24) is 10.2 Å². The topological polar surface area (TPSA) is 96.0 Å². The van der Waals surface area contributed by atoms with Crippen LogP contribution in [0.25, 0.3) is 0 Å². The van der Waals surface area contributed by atoms with Gasteiger partial charge in [-0.1, -0.05) is 52.7 Å². The van der Waals surface area contributed by atoms with Gasteiger partial charge in [0.1, 0.15) is 18.3 Å². The van der Waals surface area contributed by atoms with E-state index < -0.39 is 34.1 Å². The number of aryl methyl sites for hydroxylation is 1. The van der Waals surface area contributed by atoms with E-state index >= 15 is 0 Å². The molecule has 0 radical (unpaired) electrons. The molecule has 220 valence electrons. The predicted octanol–water partition coefficient (Wildman–Crippen LogP) is 5.68. The van der Waals surface area contributed by atoms with E-state index in [4.69, 9.17) is 4.74 Å². The molecule has 0 aliphatic heterocycles. The van der Waals surface area contributed by atoms with Gasteiger partial charge in [0.2, 0.25) is 11.8 Å².